The van der Waals surface area contributed by atoms with Gasteiger partial charge in [0.25, 0.3) is 0 Å². The summed E-state index contributed by atoms with van der Waals surface area (Å²) in [6, 6.07) is 3.65. The van der Waals surface area contributed by atoms with E-state index in [-0.39, 0.29) is 24.4 Å². The van der Waals surface area contributed by atoms with E-state index in [1.165, 1.54) is 0 Å². The molecule has 19 heavy (non-hydrogen) atoms. The van der Waals surface area contributed by atoms with E-state index >= 15 is 0 Å². The Morgan fingerprint density at radius 3 is 2.63 bits per heavy atom. The van der Waals surface area contributed by atoms with Crippen molar-refractivity contribution in [2.75, 3.05) is 23.8 Å². The fourth-order valence-electron chi connectivity index (χ4n) is 2.17. The number of amides is 2. The van der Waals surface area contributed by atoms with Crippen LogP contribution in [-0.2, 0) is 9.59 Å². The highest BCUT2D eigenvalue weighted by atomic mass is 16.2. The van der Waals surface area contributed by atoms with Crippen LogP contribution in [0.1, 0.15) is 18.1 Å². The molecule has 0 fully saturated rings. The number of aryl methyl sites for hydroxylation is 2. The zero-order valence-corrected chi connectivity index (χ0v) is 11.7. The molecule has 0 bridgehead atoms. The van der Waals surface area contributed by atoms with Crippen LogP contribution in [0.3, 0.4) is 0 Å². The minimum atomic E-state index is -0.320. The monoisotopic (exact) mass is 261 g/mol. The highest BCUT2D eigenvalue weighted by molar-refractivity contribution is 6.07. The number of nitrogens with one attached hydrogen (secondary N) is 2. The average Bonchev–Trinajstić information content (AvgIpc) is 2.37. The first kappa shape index (κ1) is 13.4. The van der Waals surface area contributed by atoms with Crippen LogP contribution in [0.25, 0.3) is 0 Å². The molecule has 5 heteroatoms. The molecular formula is C14H19N3O2. The molecule has 2 N–H and O–H groups in total. The molecule has 2 rings (SSSR count). The van der Waals surface area contributed by atoms with Crippen molar-refractivity contribution in [1.82, 2.24) is 5.32 Å². The van der Waals surface area contributed by atoms with E-state index in [4.69, 9.17) is 0 Å². The lowest BCUT2D eigenvalue weighted by atomic mass is 10.0. The summed E-state index contributed by atoms with van der Waals surface area (Å²) in [4.78, 5) is 25.3. The summed E-state index contributed by atoms with van der Waals surface area (Å²) in [7, 11) is 1.57. The predicted molar refractivity (Wildman–Crippen MR) is 75.4 cm³/mol. The molecule has 0 radical (unpaired) electrons. The fourth-order valence-corrected chi connectivity index (χ4v) is 2.17. The molecule has 1 aliphatic heterocycles. The van der Waals surface area contributed by atoms with Gasteiger partial charge in [0.1, 0.15) is 12.6 Å². The van der Waals surface area contributed by atoms with Gasteiger partial charge in [0, 0.05) is 7.05 Å². The normalized spacial score (nSPS) is 17.8. The van der Waals surface area contributed by atoms with E-state index in [0.29, 0.717) is 0 Å². The number of carbonyl (C=O) groups is 2. The zero-order valence-electron chi connectivity index (χ0n) is 11.7. The van der Waals surface area contributed by atoms with Gasteiger partial charge in [-0.1, -0.05) is 0 Å². The van der Waals surface area contributed by atoms with Crippen molar-refractivity contribution in [3.63, 3.8) is 0 Å². The third-order valence-corrected chi connectivity index (χ3v) is 3.49. The van der Waals surface area contributed by atoms with Crippen LogP contribution in [0.4, 0.5) is 11.4 Å². The molecule has 1 aromatic rings. The van der Waals surface area contributed by atoms with Crippen LogP contribution in [-0.4, -0.2) is 31.4 Å². The molecule has 0 aliphatic carbocycles. The lowest BCUT2D eigenvalue weighted by molar-refractivity contribution is -0.123. The van der Waals surface area contributed by atoms with E-state index in [0.717, 1.165) is 22.5 Å². The molecular weight excluding hydrogens is 242 g/mol. The highest BCUT2D eigenvalue weighted by Crippen LogP contribution is 2.33. The smallest absolute Gasteiger partial charge is 0.249 e. The van der Waals surface area contributed by atoms with Crippen molar-refractivity contribution in [1.29, 1.82) is 0 Å². The van der Waals surface area contributed by atoms with Gasteiger partial charge in [-0.2, -0.15) is 0 Å². The number of rotatable bonds is 2. The maximum Gasteiger partial charge on any atom is 0.249 e. The first-order valence-electron chi connectivity index (χ1n) is 6.33. The summed E-state index contributed by atoms with van der Waals surface area (Å²) < 4.78 is 0. The number of hydrogen-bond acceptors (Lipinski definition) is 3. The number of nitrogens with zero attached hydrogens (tertiary/aromatic N) is 1. The summed E-state index contributed by atoms with van der Waals surface area (Å²) in [5.41, 5.74) is 3.94. The van der Waals surface area contributed by atoms with Gasteiger partial charge >= 0.3 is 0 Å². The van der Waals surface area contributed by atoms with E-state index in [2.05, 4.69) is 10.6 Å². The van der Waals surface area contributed by atoms with Gasteiger partial charge in [-0.05, 0) is 44.0 Å². The Morgan fingerprint density at radius 1 is 1.37 bits per heavy atom. The number of likely N-dealkylation sites (N-methyl/N-ethyl adjacent to an activating group) is 1. The molecule has 5 nitrogen and oxygen atoms in total. The molecule has 2 amide bonds. The van der Waals surface area contributed by atoms with Crippen molar-refractivity contribution >= 4 is 23.2 Å². The topological polar surface area (TPSA) is 61.4 Å². The second-order valence-corrected chi connectivity index (χ2v) is 4.92. The quantitative estimate of drug-likeness (QED) is 0.841. The molecule has 0 aromatic heterocycles. The fraction of sp³-hybridized carbons (Fsp3) is 0.429. The van der Waals surface area contributed by atoms with Gasteiger partial charge in [-0.25, -0.2) is 0 Å². The maximum absolute atomic E-state index is 12.2. The highest BCUT2D eigenvalue weighted by Gasteiger charge is 2.31. The summed E-state index contributed by atoms with van der Waals surface area (Å²) in [5, 5.41) is 5.73. The van der Waals surface area contributed by atoms with Crippen molar-refractivity contribution < 1.29 is 9.59 Å². The van der Waals surface area contributed by atoms with Gasteiger partial charge in [0.15, 0.2) is 0 Å². The van der Waals surface area contributed by atoms with Crippen LogP contribution in [0, 0.1) is 13.8 Å². The van der Waals surface area contributed by atoms with E-state index in [9.17, 15) is 9.59 Å². The van der Waals surface area contributed by atoms with E-state index in [1.54, 1.807) is 18.9 Å². The molecule has 0 saturated carbocycles. The zero-order chi connectivity index (χ0) is 14.2. The Morgan fingerprint density at radius 2 is 2.00 bits per heavy atom. The van der Waals surface area contributed by atoms with Crippen LogP contribution in [0.2, 0.25) is 0 Å². The minimum Gasteiger partial charge on any atom is -0.372 e. The van der Waals surface area contributed by atoms with Gasteiger partial charge in [-0.15, -0.1) is 0 Å². The van der Waals surface area contributed by atoms with E-state index < -0.39 is 0 Å². The Hall–Kier alpha value is -2.04. The van der Waals surface area contributed by atoms with E-state index in [1.807, 2.05) is 26.0 Å². The number of benzene rings is 1. The Kier molecular flexibility index (Phi) is 3.46. The molecule has 102 valence electrons. The van der Waals surface area contributed by atoms with Crippen molar-refractivity contribution in [3.05, 3.63) is 23.3 Å². The van der Waals surface area contributed by atoms with Gasteiger partial charge in [0.2, 0.25) is 11.8 Å². The second kappa shape index (κ2) is 4.91. The average molecular weight is 261 g/mol. The van der Waals surface area contributed by atoms with Gasteiger partial charge in [-0.3, -0.25) is 14.5 Å². The summed E-state index contributed by atoms with van der Waals surface area (Å²) in [6.07, 6.45) is 0. The predicted octanol–water partition coefficient (Wildman–Crippen LogP) is 1.20. The summed E-state index contributed by atoms with van der Waals surface area (Å²) >= 11 is 0. The van der Waals surface area contributed by atoms with Crippen molar-refractivity contribution in [3.8, 4) is 0 Å². The second-order valence-electron chi connectivity index (χ2n) is 4.92. The molecule has 0 spiro atoms. The molecule has 1 aliphatic rings. The van der Waals surface area contributed by atoms with Crippen molar-refractivity contribution in [2.24, 2.45) is 0 Å². The minimum absolute atomic E-state index is 0.0524. The van der Waals surface area contributed by atoms with Crippen molar-refractivity contribution in [2.45, 2.75) is 26.8 Å². The lowest BCUT2D eigenvalue weighted by Gasteiger charge is -2.34. The summed E-state index contributed by atoms with van der Waals surface area (Å²) in [6.45, 7) is 5.88. The number of anilines is 2. The molecule has 1 unspecified atom stereocenters. The largest absolute Gasteiger partial charge is 0.372 e. The standard InChI is InChI=1S/C14H19N3O2/c1-8-5-11-12(6-9(8)2)17(7-13(18)15-4)14(19)10(3)16-11/h5-6,10,16H,7H2,1-4H3,(H,15,18). The SMILES string of the molecule is CNC(=O)CN1C(=O)C(C)Nc2cc(C)c(C)cc21. The Labute approximate surface area is 113 Å². The first-order valence-corrected chi connectivity index (χ1v) is 6.33. The third kappa shape index (κ3) is 2.41. The van der Waals surface area contributed by atoms with Gasteiger partial charge in [0.05, 0.1) is 11.4 Å². The molecule has 1 atom stereocenters. The summed E-state index contributed by atoms with van der Waals surface area (Å²) in [5.74, 6) is -0.258. The van der Waals surface area contributed by atoms with Crippen LogP contribution in [0.15, 0.2) is 12.1 Å². The lowest BCUT2D eigenvalue weighted by Crippen LogP contribution is -2.49. The maximum atomic E-state index is 12.2. The number of fused-ring (bicyclic) bond motifs is 1. The third-order valence-electron chi connectivity index (χ3n) is 3.49. The molecule has 1 aromatic carbocycles. The number of carbonyl (C=O) groups excluding carboxylic acids is 2. The number of hydrogen-bond donors (Lipinski definition) is 2. The molecule has 0 saturated heterocycles. The Balaban J connectivity index is 2.46. The van der Waals surface area contributed by atoms with Crippen LogP contribution < -0.4 is 15.5 Å². The van der Waals surface area contributed by atoms with Crippen LogP contribution in [0.5, 0.6) is 0 Å². The Bertz CT molecular complexity index is 540. The first-order chi connectivity index (χ1) is 8.93. The molecule has 1 heterocycles. The van der Waals surface area contributed by atoms with Crippen LogP contribution >= 0.6 is 0 Å². The van der Waals surface area contributed by atoms with Gasteiger partial charge < -0.3 is 10.6 Å².